The third kappa shape index (κ3) is 3.11. The van der Waals surface area contributed by atoms with Gasteiger partial charge in [-0.2, -0.15) is 5.10 Å². The molecule has 3 rings (SSSR count). The Morgan fingerprint density at radius 1 is 1.17 bits per heavy atom. The molecular weight excluding hydrogens is 302 g/mol. The molecule has 1 aliphatic carbocycles. The molecule has 0 saturated heterocycles. The zero-order valence-electron chi connectivity index (χ0n) is 14.6. The van der Waals surface area contributed by atoms with Gasteiger partial charge >= 0.3 is 0 Å². The van der Waals surface area contributed by atoms with Gasteiger partial charge < -0.3 is 5.32 Å². The standard InChI is InChI=1S/C19H23N3O2/c1-11(2)17-12(3)21-22(13(17)4)19(24)15-7-9-16(10-8-15)20-18(23)14-5-6-14/h7-11,14H,5-6H2,1-4H3,(H,20,23). The van der Waals surface area contributed by atoms with Gasteiger partial charge in [-0.05, 0) is 62.4 Å². The average Bonchev–Trinajstić information content (AvgIpc) is 3.33. The third-order valence-corrected chi connectivity index (χ3v) is 4.46. The minimum absolute atomic E-state index is 0.0641. The molecular formula is C19H23N3O2. The molecule has 1 aliphatic rings. The monoisotopic (exact) mass is 325 g/mol. The van der Waals surface area contributed by atoms with Gasteiger partial charge in [-0.3, -0.25) is 9.59 Å². The highest BCUT2D eigenvalue weighted by Crippen LogP contribution is 2.30. The highest BCUT2D eigenvalue weighted by atomic mass is 16.2. The Kier molecular flexibility index (Phi) is 4.26. The van der Waals surface area contributed by atoms with Gasteiger partial charge in [-0.1, -0.05) is 13.8 Å². The molecule has 1 aromatic heterocycles. The van der Waals surface area contributed by atoms with Crippen LogP contribution in [0.1, 0.15) is 59.9 Å². The number of nitrogens with one attached hydrogen (secondary N) is 1. The SMILES string of the molecule is Cc1nn(C(=O)c2ccc(NC(=O)C3CC3)cc2)c(C)c1C(C)C. The van der Waals surface area contributed by atoms with Crippen molar-refractivity contribution in [3.8, 4) is 0 Å². The fraction of sp³-hybridized carbons (Fsp3) is 0.421. The number of rotatable bonds is 4. The van der Waals surface area contributed by atoms with E-state index in [2.05, 4.69) is 24.3 Å². The maximum absolute atomic E-state index is 12.7. The lowest BCUT2D eigenvalue weighted by atomic mass is 10.0. The second kappa shape index (κ2) is 6.23. The van der Waals surface area contributed by atoms with Gasteiger partial charge in [-0.25, -0.2) is 4.68 Å². The zero-order chi connectivity index (χ0) is 17.4. The van der Waals surface area contributed by atoms with E-state index in [9.17, 15) is 9.59 Å². The minimum atomic E-state index is -0.150. The van der Waals surface area contributed by atoms with Crippen molar-refractivity contribution < 1.29 is 9.59 Å². The molecule has 0 bridgehead atoms. The average molecular weight is 325 g/mol. The number of hydrogen-bond acceptors (Lipinski definition) is 3. The lowest BCUT2D eigenvalue weighted by molar-refractivity contribution is -0.117. The first-order valence-corrected chi connectivity index (χ1v) is 8.40. The normalized spacial score (nSPS) is 14.0. The number of anilines is 1. The summed E-state index contributed by atoms with van der Waals surface area (Å²) in [5.74, 6) is 0.402. The predicted molar refractivity (Wildman–Crippen MR) is 93.3 cm³/mol. The summed E-state index contributed by atoms with van der Waals surface area (Å²) in [6.07, 6.45) is 1.94. The van der Waals surface area contributed by atoms with Crippen molar-refractivity contribution in [3.05, 3.63) is 46.8 Å². The molecule has 5 heteroatoms. The quantitative estimate of drug-likeness (QED) is 0.933. The van der Waals surface area contributed by atoms with Gasteiger partial charge in [0.05, 0.1) is 5.69 Å². The van der Waals surface area contributed by atoms with Crippen molar-refractivity contribution >= 4 is 17.5 Å². The molecule has 0 atom stereocenters. The van der Waals surface area contributed by atoms with Gasteiger partial charge in [0.15, 0.2) is 0 Å². The van der Waals surface area contributed by atoms with Crippen molar-refractivity contribution in [2.75, 3.05) is 5.32 Å². The van der Waals surface area contributed by atoms with Crippen molar-refractivity contribution in [1.29, 1.82) is 0 Å². The van der Waals surface area contributed by atoms with E-state index in [1.807, 2.05) is 13.8 Å². The Labute approximate surface area is 142 Å². The minimum Gasteiger partial charge on any atom is -0.326 e. The van der Waals surface area contributed by atoms with E-state index in [0.29, 0.717) is 11.5 Å². The fourth-order valence-electron chi connectivity index (χ4n) is 3.10. The van der Waals surface area contributed by atoms with E-state index in [1.54, 1.807) is 24.3 Å². The lowest BCUT2D eigenvalue weighted by Gasteiger charge is -2.08. The van der Waals surface area contributed by atoms with Crippen LogP contribution >= 0.6 is 0 Å². The maximum Gasteiger partial charge on any atom is 0.278 e. The summed E-state index contributed by atoms with van der Waals surface area (Å²) >= 11 is 0. The predicted octanol–water partition coefficient (Wildman–Crippen LogP) is 3.66. The van der Waals surface area contributed by atoms with Gasteiger partial charge in [0.2, 0.25) is 5.91 Å². The van der Waals surface area contributed by atoms with Crippen molar-refractivity contribution in [2.45, 2.75) is 46.5 Å². The molecule has 24 heavy (non-hydrogen) atoms. The van der Waals surface area contributed by atoms with Crippen molar-refractivity contribution in [3.63, 3.8) is 0 Å². The van der Waals surface area contributed by atoms with Crippen LogP contribution in [0.15, 0.2) is 24.3 Å². The molecule has 5 nitrogen and oxygen atoms in total. The molecule has 1 heterocycles. The van der Waals surface area contributed by atoms with Gasteiger partial charge in [0, 0.05) is 22.9 Å². The van der Waals surface area contributed by atoms with Crippen LogP contribution in [0.2, 0.25) is 0 Å². The fourth-order valence-corrected chi connectivity index (χ4v) is 3.10. The topological polar surface area (TPSA) is 64.0 Å². The first kappa shape index (κ1) is 16.4. The van der Waals surface area contributed by atoms with Crippen LogP contribution in [-0.2, 0) is 4.79 Å². The van der Waals surface area contributed by atoms with Crippen LogP contribution in [0.4, 0.5) is 5.69 Å². The van der Waals surface area contributed by atoms with Gasteiger partial charge in [0.25, 0.3) is 5.91 Å². The lowest BCUT2D eigenvalue weighted by Crippen LogP contribution is -2.16. The van der Waals surface area contributed by atoms with Crippen LogP contribution in [0.5, 0.6) is 0 Å². The molecule has 1 N–H and O–H groups in total. The molecule has 1 saturated carbocycles. The first-order valence-electron chi connectivity index (χ1n) is 8.40. The molecule has 2 aromatic rings. The van der Waals surface area contributed by atoms with Crippen LogP contribution in [-0.4, -0.2) is 21.6 Å². The molecule has 1 fully saturated rings. The Hall–Kier alpha value is -2.43. The second-order valence-electron chi connectivity index (χ2n) is 6.80. The van der Waals surface area contributed by atoms with Crippen molar-refractivity contribution in [1.82, 2.24) is 9.78 Å². The summed E-state index contributed by atoms with van der Waals surface area (Å²) < 4.78 is 1.47. The molecule has 0 unspecified atom stereocenters. The number of nitrogens with zero attached hydrogens (tertiary/aromatic N) is 2. The summed E-state index contributed by atoms with van der Waals surface area (Å²) in [7, 11) is 0. The Morgan fingerprint density at radius 2 is 1.79 bits per heavy atom. The van der Waals surface area contributed by atoms with Crippen molar-refractivity contribution in [2.24, 2.45) is 5.92 Å². The summed E-state index contributed by atoms with van der Waals surface area (Å²) in [6.45, 7) is 8.06. The number of carbonyl (C=O) groups excluding carboxylic acids is 2. The van der Waals surface area contributed by atoms with Gasteiger partial charge in [-0.15, -0.1) is 0 Å². The first-order chi connectivity index (χ1) is 11.4. The Bertz CT molecular complexity index is 784. The number of benzene rings is 1. The zero-order valence-corrected chi connectivity index (χ0v) is 14.6. The Morgan fingerprint density at radius 3 is 2.29 bits per heavy atom. The highest BCUT2D eigenvalue weighted by Gasteiger charge is 2.29. The number of amides is 1. The van der Waals surface area contributed by atoms with E-state index in [1.165, 1.54) is 4.68 Å². The second-order valence-corrected chi connectivity index (χ2v) is 6.80. The Balaban J connectivity index is 1.80. The number of carbonyl (C=O) groups is 2. The number of aromatic nitrogens is 2. The van der Waals surface area contributed by atoms with Gasteiger partial charge in [0.1, 0.15) is 0 Å². The number of aryl methyl sites for hydroxylation is 1. The highest BCUT2D eigenvalue weighted by molar-refractivity contribution is 5.97. The largest absolute Gasteiger partial charge is 0.326 e. The smallest absolute Gasteiger partial charge is 0.278 e. The summed E-state index contributed by atoms with van der Waals surface area (Å²) in [5, 5.41) is 7.28. The summed E-state index contributed by atoms with van der Waals surface area (Å²) in [5.41, 5.74) is 4.18. The number of hydrogen-bond donors (Lipinski definition) is 1. The third-order valence-electron chi connectivity index (χ3n) is 4.46. The van der Waals surface area contributed by atoms with Crippen LogP contribution < -0.4 is 5.32 Å². The van der Waals surface area contributed by atoms with E-state index >= 15 is 0 Å². The molecule has 0 radical (unpaired) electrons. The molecule has 1 amide bonds. The maximum atomic E-state index is 12.7. The molecule has 0 spiro atoms. The van der Waals surface area contributed by atoms with E-state index in [-0.39, 0.29) is 17.7 Å². The molecule has 126 valence electrons. The molecule has 0 aliphatic heterocycles. The van der Waals surface area contributed by atoms with Crippen LogP contribution in [0, 0.1) is 19.8 Å². The van der Waals surface area contributed by atoms with E-state index in [4.69, 9.17) is 0 Å². The molecule has 1 aromatic carbocycles. The van der Waals surface area contributed by atoms with E-state index in [0.717, 1.165) is 35.5 Å². The van der Waals surface area contributed by atoms with Crippen LogP contribution in [0.25, 0.3) is 0 Å². The summed E-state index contributed by atoms with van der Waals surface area (Å²) in [6, 6.07) is 7.00. The van der Waals surface area contributed by atoms with Crippen LogP contribution in [0.3, 0.4) is 0 Å². The van der Waals surface area contributed by atoms with E-state index < -0.39 is 0 Å². The summed E-state index contributed by atoms with van der Waals surface area (Å²) in [4.78, 5) is 24.5.